The molecule has 0 atom stereocenters. The maximum absolute atomic E-state index is 6.01. The third kappa shape index (κ3) is 2.77. The molecule has 0 aliphatic rings. The monoisotopic (exact) mass is 248 g/mol. The van der Waals surface area contributed by atoms with Gasteiger partial charge >= 0.3 is 0 Å². The predicted molar refractivity (Wildman–Crippen MR) is 66.8 cm³/mol. The highest BCUT2D eigenvalue weighted by Gasteiger charge is 2.19. The second-order valence-corrected chi connectivity index (χ2v) is 5.13. The molecule has 0 saturated carbocycles. The molecular formula is C12H13ClN4. The van der Waals surface area contributed by atoms with Crippen molar-refractivity contribution in [3.05, 3.63) is 35.6 Å². The minimum atomic E-state index is -0.151. The van der Waals surface area contributed by atoms with Gasteiger partial charge in [-0.15, -0.1) is 0 Å². The summed E-state index contributed by atoms with van der Waals surface area (Å²) in [7, 11) is 0. The highest BCUT2D eigenvalue weighted by Crippen LogP contribution is 2.23. The third-order valence-electron chi connectivity index (χ3n) is 2.19. The number of hydrogen-bond donors (Lipinski definition) is 0. The lowest BCUT2D eigenvalue weighted by molar-refractivity contribution is 0.546. The molecule has 0 radical (unpaired) electrons. The number of hydrogen-bond acceptors (Lipinski definition) is 4. The summed E-state index contributed by atoms with van der Waals surface area (Å²) in [5.74, 6) is 0.700. The summed E-state index contributed by atoms with van der Waals surface area (Å²) in [6.45, 7) is 6.12. The Balaban J connectivity index is 2.54. The summed E-state index contributed by atoms with van der Waals surface area (Å²) in [5.41, 5.74) is 1.24. The molecule has 2 aromatic rings. The van der Waals surface area contributed by atoms with E-state index in [2.05, 4.69) is 19.9 Å². The van der Waals surface area contributed by atoms with Gasteiger partial charge in [0, 0.05) is 23.9 Å². The Kier molecular flexibility index (Phi) is 3.07. The van der Waals surface area contributed by atoms with Crippen LogP contribution in [0.2, 0.25) is 5.15 Å². The Morgan fingerprint density at radius 2 is 1.82 bits per heavy atom. The molecule has 2 aromatic heterocycles. The molecule has 0 bridgehead atoms. The molecule has 0 saturated heterocycles. The predicted octanol–water partition coefficient (Wildman–Crippen LogP) is 2.88. The van der Waals surface area contributed by atoms with Crippen LogP contribution >= 0.6 is 11.6 Å². The average Bonchev–Trinajstić information content (AvgIpc) is 2.28. The maximum atomic E-state index is 6.01. The van der Waals surface area contributed by atoms with Gasteiger partial charge in [0.2, 0.25) is 0 Å². The van der Waals surface area contributed by atoms with E-state index in [1.807, 2.05) is 20.8 Å². The SMILES string of the molecule is CC(C)(C)c1nc(Cl)cc(-c2cnccn2)n1. The minimum absolute atomic E-state index is 0.151. The van der Waals surface area contributed by atoms with Crippen molar-refractivity contribution >= 4 is 11.6 Å². The van der Waals surface area contributed by atoms with Crippen molar-refractivity contribution in [3.63, 3.8) is 0 Å². The molecule has 0 spiro atoms. The van der Waals surface area contributed by atoms with Crippen molar-refractivity contribution in [1.82, 2.24) is 19.9 Å². The summed E-state index contributed by atoms with van der Waals surface area (Å²) >= 11 is 6.01. The molecule has 0 unspecified atom stereocenters. The van der Waals surface area contributed by atoms with Gasteiger partial charge in [0.25, 0.3) is 0 Å². The van der Waals surface area contributed by atoms with Crippen LogP contribution in [0.25, 0.3) is 11.4 Å². The van der Waals surface area contributed by atoms with Crippen LogP contribution in [0.1, 0.15) is 26.6 Å². The van der Waals surface area contributed by atoms with Crippen LogP contribution in [0.4, 0.5) is 0 Å². The molecule has 88 valence electrons. The van der Waals surface area contributed by atoms with Crippen molar-refractivity contribution in [2.75, 3.05) is 0 Å². The van der Waals surface area contributed by atoms with Gasteiger partial charge in [-0.1, -0.05) is 32.4 Å². The van der Waals surface area contributed by atoms with Gasteiger partial charge in [-0.25, -0.2) is 9.97 Å². The quantitative estimate of drug-likeness (QED) is 0.728. The fraction of sp³-hybridized carbons (Fsp3) is 0.333. The molecule has 0 aliphatic carbocycles. The van der Waals surface area contributed by atoms with Crippen LogP contribution in [0.15, 0.2) is 24.7 Å². The molecule has 0 N–H and O–H groups in total. The van der Waals surface area contributed by atoms with Crippen LogP contribution in [0.5, 0.6) is 0 Å². The van der Waals surface area contributed by atoms with Crippen molar-refractivity contribution in [3.8, 4) is 11.4 Å². The van der Waals surface area contributed by atoms with Crippen molar-refractivity contribution in [2.24, 2.45) is 0 Å². The topological polar surface area (TPSA) is 51.6 Å². The van der Waals surface area contributed by atoms with Crippen molar-refractivity contribution < 1.29 is 0 Å². The lowest BCUT2D eigenvalue weighted by Crippen LogP contribution is -2.16. The zero-order chi connectivity index (χ0) is 12.5. The Hall–Kier alpha value is -1.55. The van der Waals surface area contributed by atoms with Gasteiger partial charge in [-0.2, -0.15) is 0 Å². The first kappa shape index (κ1) is 11.9. The molecule has 0 aliphatic heterocycles. The normalized spacial score (nSPS) is 11.5. The minimum Gasteiger partial charge on any atom is -0.261 e. The van der Waals surface area contributed by atoms with E-state index in [4.69, 9.17) is 11.6 Å². The van der Waals surface area contributed by atoms with Gasteiger partial charge in [0.1, 0.15) is 16.7 Å². The van der Waals surface area contributed by atoms with E-state index in [-0.39, 0.29) is 5.41 Å². The molecule has 0 amide bonds. The summed E-state index contributed by atoms with van der Waals surface area (Å²) < 4.78 is 0. The molecule has 2 heterocycles. The van der Waals surface area contributed by atoms with E-state index in [9.17, 15) is 0 Å². The van der Waals surface area contributed by atoms with Gasteiger partial charge in [0.05, 0.1) is 11.9 Å². The zero-order valence-electron chi connectivity index (χ0n) is 9.98. The number of nitrogens with zero attached hydrogens (tertiary/aromatic N) is 4. The number of aromatic nitrogens is 4. The average molecular weight is 249 g/mol. The number of rotatable bonds is 1. The van der Waals surface area contributed by atoms with Crippen molar-refractivity contribution in [1.29, 1.82) is 0 Å². The summed E-state index contributed by atoms with van der Waals surface area (Å²) in [6.07, 6.45) is 4.91. The first-order valence-corrected chi connectivity index (χ1v) is 5.66. The van der Waals surface area contributed by atoms with E-state index in [1.165, 1.54) is 0 Å². The number of halogens is 1. The van der Waals surface area contributed by atoms with E-state index >= 15 is 0 Å². The van der Waals surface area contributed by atoms with Crippen LogP contribution in [-0.4, -0.2) is 19.9 Å². The van der Waals surface area contributed by atoms with Crippen LogP contribution in [0.3, 0.4) is 0 Å². The van der Waals surface area contributed by atoms with Gasteiger partial charge in [-0.05, 0) is 0 Å². The van der Waals surface area contributed by atoms with Crippen LogP contribution in [-0.2, 0) is 5.41 Å². The smallest absolute Gasteiger partial charge is 0.136 e. The summed E-state index contributed by atoms with van der Waals surface area (Å²) in [6, 6.07) is 1.70. The van der Waals surface area contributed by atoms with E-state index in [0.29, 0.717) is 22.4 Å². The van der Waals surface area contributed by atoms with Gasteiger partial charge < -0.3 is 0 Å². The van der Waals surface area contributed by atoms with Crippen molar-refractivity contribution in [2.45, 2.75) is 26.2 Å². The van der Waals surface area contributed by atoms with Gasteiger partial charge in [-0.3, -0.25) is 9.97 Å². The lowest BCUT2D eigenvalue weighted by Gasteiger charge is -2.17. The Morgan fingerprint density at radius 1 is 1.06 bits per heavy atom. The molecule has 0 fully saturated rings. The van der Waals surface area contributed by atoms with E-state index in [1.54, 1.807) is 24.7 Å². The second kappa shape index (κ2) is 4.37. The van der Waals surface area contributed by atoms with E-state index in [0.717, 1.165) is 0 Å². The standard InChI is InChI=1S/C12H13ClN4/c1-12(2,3)11-16-8(6-10(13)17-11)9-7-14-4-5-15-9/h4-7H,1-3H3. The Bertz CT molecular complexity index is 520. The third-order valence-corrected chi connectivity index (χ3v) is 2.38. The molecule has 5 heteroatoms. The molecule has 17 heavy (non-hydrogen) atoms. The second-order valence-electron chi connectivity index (χ2n) is 4.74. The summed E-state index contributed by atoms with van der Waals surface area (Å²) in [4.78, 5) is 16.9. The fourth-order valence-electron chi connectivity index (χ4n) is 1.32. The molecule has 2 rings (SSSR count). The molecule has 4 nitrogen and oxygen atoms in total. The van der Waals surface area contributed by atoms with Crippen LogP contribution < -0.4 is 0 Å². The highest BCUT2D eigenvalue weighted by atomic mass is 35.5. The Morgan fingerprint density at radius 3 is 2.41 bits per heavy atom. The lowest BCUT2D eigenvalue weighted by atomic mass is 9.95. The Labute approximate surface area is 105 Å². The molecular weight excluding hydrogens is 236 g/mol. The first-order valence-electron chi connectivity index (χ1n) is 5.28. The van der Waals surface area contributed by atoms with Gasteiger partial charge in [0.15, 0.2) is 0 Å². The maximum Gasteiger partial charge on any atom is 0.136 e. The zero-order valence-corrected chi connectivity index (χ0v) is 10.7. The molecule has 0 aromatic carbocycles. The largest absolute Gasteiger partial charge is 0.261 e. The fourth-order valence-corrected chi connectivity index (χ4v) is 1.50. The summed E-state index contributed by atoms with van der Waals surface area (Å²) in [5, 5.41) is 0.422. The van der Waals surface area contributed by atoms with E-state index < -0.39 is 0 Å². The first-order chi connectivity index (χ1) is 7.97. The van der Waals surface area contributed by atoms with Crippen LogP contribution in [0, 0.1) is 0 Å². The highest BCUT2D eigenvalue weighted by molar-refractivity contribution is 6.29.